The molecule has 4 nitrogen and oxygen atoms in total. The van der Waals surface area contributed by atoms with E-state index in [-0.39, 0.29) is 5.43 Å². The lowest BCUT2D eigenvalue weighted by molar-refractivity contribution is 0.486. The third-order valence-corrected chi connectivity index (χ3v) is 5.33. The zero-order valence-electron chi connectivity index (χ0n) is 19.0. The Morgan fingerprint density at radius 1 is 0.935 bits per heavy atom. The summed E-state index contributed by atoms with van der Waals surface area (Å²) < 4.78 is 6.33. The normalized spacial score (nSPS) is 10.7. The highest BCUT2D eigenvalue weighted by atomic mass is 16.5. The molecule has 2 aromatic carbocycles. The smallest absolute Gasteiger partial charge is 0.189 e. The lowest BCUT2D eigenvalue weighted by Crippen LogP contribution is -2.01. The van der Waals surface area contributed by atoms with Gasteiger partial charge in [0.05, 0.1) is 11.0 Å². The van der Waals surface area contributed by atoms with E-state index < -0.39 is 0 Å². The molecule has 0 aliphatic rings. The van der Waals surface area contributed by atoms with E-state index >= 15 is 0 Å². The summed E-state index contributed by atoms with van der Waals surface area (Å²) in [5.41, 5.74) is 4.07. The molecule has 0 spiro atoms. The molecule has 0 saturated heterocycles. The van der Waals surface area contributed by atoms with E-state index in [4.69, 9.17) is 4.74 Å². The van der Waals surface area contributed by atoms with E-state index in [2.05, 4.69) is 42.0 Å². The van der Waals surface area contributed by atoms with Gasteiger partial charge in [-0.05, 0) is 60.7 Å². The van der Waals surface area contributed by atoms with Gasteiger partial charge in [-0.3, -0.25) is 9.78 Å². The van der Waals surface area contributed by atoms with Crippen molar-refractivity contribution in [2.45, 2.75) is 59.8 Å². The molecule has 0 aliphatic carbocycles. The Morgan fingerprint density at radius 3 is 2.48 bits per heavy atom. The molecule has 0 saturated carbocycles. The highest BCUT2D eigenvalue weighted by molar-refractivity contribution is 6.04. The van der Waals surface area contributed by atoms with Crippen molar-refractivity contribution in [3.63, 3.8) is 0 Å². The Kier molecular flexibility index (Phi) is 7.82. The number of pyridine rings is 2. The number of nitrogens with zero attached hydrogens (tertiary/aromatic N) is 1. The first-order valence-electron chi connectivity index (χ1n) is 11.4. The van der Waals surface area contributed by atoms with Gasteiger partial charge in [-0.15, -0.1) is 0 Å². The Balaban J connectivity index is 0.00000132. The third-order valence-electron chi connectivity index (χ3n) is 5.33. The number of fused-ring (bicyclic) bond motifs is 3. The number of rotatable bonds is 7. The van der Waals surface area contributed by atoms with Crippen molar-refractivity contribution >= 4 is 21.8 Å². The van der Waals surface area contributed by atoms with Crippen LogP contribution in [0, 0.1) is 0 Å². The van der Waals surface area contributed by atoms with Gasteiger partial charge in [-0.1, -0.05) is 46.6 Å². The monoisotopic (exact) mass is 416 g/mol. The van der Waals surface area contributed by atoms with Gasteiger partial charge in [-0.25, -0.2) is 0 Å². The largest absolute Gasteiger partial charge is 0.457 e. The van der Waals surface area contributed by atoms with Crippen LogP contribution in [-0.4, -0.2) is 9.97 Å². The van der Waals surface area contributed by atoms with Crippen LogP contribution in [-0.2, 0) is 12.8 Å². The van der Waals surface area contributed by atoms with E-state index in [9.17, 15) is 4.79 Å². The van der Waals surface area contributed by atoms with Crippen molar-refractivity contribution in [1.82, 2.24) is 9.97 Å². The van der Waals surface area contributed by atoms with Crippen LogP contribution in [0.5, 0.6) is 11.5 Å². The molecular weight excluding hydrogens is 384 g/mol. The number of ether oxygens (including phenoxy) is 1. The van der Waals surface area contributed by atoms with Crippen molar-refractivity contribution in [3.05, 3.63) is 76.2 Å². The summed E-state index contributed by atoms with van der Waals surface area (Å²) in [4.78, 5) is 19.8. The Labute approximate surface area is 184 Å². The molecule has 0 fully saturated rings. The molecule has 0 aliphatic heterocycles. The van der Waals surface area contributed by atoms with E-state index in [1.165, 1.54) is 36.5 Å². The zero-order chi connectivity index (χ0) is 22.2. The number of benzene rings is 2. The van der Waals surface area contributed by atoms with E-state index in [1.54, 1.807) is 12.4 Å². The highest BCUT2D eigenvalue weighted by Crippen LogP contribution is 2.32. The number of hydrogen-bond acceptors (Lipinski definition) is 3. The van der Waals surface area contributed by atoms with Gasteiger partial charge >= 0.3 is 0 Å². The van der Waals surface area contributed by atoms with Gasteiger partial charge in [0.15, 0.2) is 5.43 Å². The van der Waals surface area contributed by atoms with Gasteiger partial charge in [0.2, 0.25) is 0 Å². The molecule has 0 bridgehead atoms. The Hall–Kier alpha value is -3.14. The van der Waals surface area contributed by atoms with Crippen LogP contribution in [0.3, 0.4) is 0 Å². The molecule has 0 atom stereocenters. The topological polar surface area (TPSA) is 55.0 Å². The minimum absolute atomic E-state index is 0.0128. The van der Waals surface area contributed by atoms with Crippen LogP contribution < -0.4 is 10.2 Å². The van der Waals surface area contributed by atoms with Crippen molar-refractivity contribution in [3.8, 4) is 11.5 Å². The molecule has 1 N–H and O–H groups in total. The van der Waals surface area contributed by atoms with Crippen molar-refractivity contribution in [1.29, 1.82) is 0 Å². The lowest BCUT2D eigenvalue weighted by Gasteiger charge is -2.13. The summed E-state index contributed by atoms with van der Waals surface area (Å²) in [7, 11) is 0. The van der Waals surface area contributed by atoms with Crippen LogP contribution >= 0.6 is 0 Å². The lowest BCUT2D eigenvalue weighted by atomic mass is 10.0. The molecular formula is C27H32N2O2. The maximum atomic E-state index is 12.1. The van der Waals surface area contributed by atoms with Crippen LogP contribution in [0.15, 0.2) is 59.7 Å². The van der Waals surface area contributed by atoms with Crippen LogP contribution in [0.1, 0.15) is 58.1 Å². The number of H-pyrrole nitrogens is 1. The summed E-state index contributed by atoms with van der Waals surface area (Å²) in [5, 5.41) is 1.52. The van der Waals surface area contributed by atoms with Crippen LogP contribution in [0.25, 0.3) is 21.8 Å². The van der Waals surface area contributed by atoms with Crippen LogP contribution in [0.4, 0.5) is 0 Å². The van der Waals surface area contributed by atoms with Crippen molar-refractivity contribution in [2.75, 3.05) is 0 Å². The second kappa shape index (κ2) is 10.8. The van der Waals surface area contributed by atoms with Crippen LogP contribution in [0.2, 0.25) is 0 Å². The van der Waals surface area contributed by atoms with Gasteiger partial charge in [0.25, 0.3) is 0 Å². The maximum Gasteiger partial charge on any atom is 0.189 e. The molecule has 4 heteroatoms. The second-order valence-electron chi connectivity index (χ2n) is 7.43. The second-order valence-corrected chi connectivity index (χ2v) is 7.43. The number of aromatic amines is 1. The summed E-state index contributed by atoms with van der Waals surface area (Å²) in [6, 6.07) is 13.7. The molecule has 0 radical (unpaired) electrons. The number of nitrogens with one attached hydrogen (secondary N) is 1. The molecule has 2 aromatic heterocycles. The maximum absolute atomic E-state index is 12.1. The fourth-order valence-electron chi connectivity index (χ4n) is 3.77. The van der Waals surface area contributed by atoms with Crippen molar-refractivity contribution < 1.29 is 4.74 Å². The standard InChI is InChI=1S/C25H26N2O2.C2H6/c1-3-5-6-7-18-14-17(4-2)15-19(16-18)29-23-11-13-27-25-21(23)9-8-20-22(28)10-12-26-24(20)25;1-2/h8-16H,3-7H2,1-2H3,(H,26,28);1-2H3. The molecule has 2 heterocycles. The van der Waals surface area contributed by atoms with Gasteiger partial charge in [-0.2, -0.15) is 0 Å². The molecule has 0 amide bonds. The SMILES string of the molecule is CC.CCCCCc1cc(CC)cc(Oc2ccnc3c2ccc2c(=O)cc[nH]c23)c1. The minimum Gasteiger partial charge on any atom is -0.457 e. The first-order chi connectivity index (χ1) is 15.2. The fourth-order valence-corrected chi connectivity index (χ4v) is 3.77. The van der Waals surface area contributed by atoms with Gasteiger partial charge in [0, 0.05) is 29.2 Å². The first kappa shape index (κ1) is 22.5. The fraction of sp³-hybridized carbons (Fsp3) is 0.333. The van der Waals surface area contributed by atoms with Gasteiger partial charge < -0.3 is 9.72 Å². The zero-order valence-corrected chi connectivity index (χ0v) is 19.0. The minimum atomic E-state index is -0.0128. The van der Waals surface area contributed by atoms with E-state index in [1.807, 2.05) is 32.0 Å². The summed E-state index contributed by atoms with van der Waals surface area (Å²) >= 11 is 0. The number of aromatic nitrogens is 2. The molecule has 4 rings (SSSR count). The quantitative estimate of drug-likeness (QED) is 0.256. The Bertz CT molecular complexity index is 1210. The first-order valence-corrected chi connectivity index (χ1v) is 11.4. The number of unbranched alkanes of at least 4 members (excludes halogenated alkanes) is 2. The Morgan fingerprint density at radius 2 is 1.71 bits per heavy atom. The van der Waals surface area contributed by atoms with Gasteiger partial charge in [0.1, 0.15) is 11.5 Å². The predicted octanol–water partition coefficient (Wildman–Crippen LogP) is 7.19. The highest BCUT2D eigenvalue weighted by Gasteiger charge is 2.10. The van der Waals surface area contributed by atoms with Crippen molar-refractivity contribution in [2.24, 2.45) is 0 Å². The molecule has 162 valence electrons. The summed E-state index contributed by atoms with van der Waals surface area (Å²) in [6.07, 6.45) is 9.09. The average molecular weight is 417 g/mol. The molecule has 4 aromatic rings. The number of hydrogen-bond donors (Lipinski definition) is 1. The molecule has 31 heavy (non-hydrogen) atoms. The average Bonchev–Trinajstić information content (AvgIpc) is 2.81. The third kappa shape index (κ3) is 5.13. The predicted molar refractivity (Wildman–Crippen MR) is 130 cm³/mol. The summed E-state index contributed by atoms with van der Waals surface area (Å²) in [5.74, 6) is 1.60. The summed E-state index contributed by atoms with van der Waals surface area (Å²) in [6.45, 7) is 8.39. The van der Waals surface area contributed by atoms with E-state index in [0.717, 1.165) is 40.8 Å². The number of aryl methyl sites for hydroxylation is 2. The molecule has 0 unspecified atom stereocenters. The van der Waals surface area contributed by atoms with E-state index in [0.29, 0.717) is 5.39 Å².